The predicted octanol–water partition coefficient (Wildman–Crippen LogP) is 2.84. The second-order valence-corrected chi connectivity index (χ2v) is 5.40. The van der Waals surface area contributed by atoms with E-state index in [0.717, 1.165) is 12.5 Å². The van der Waals surface area contributed by atoms with Crippen molar-refractivity contribution < 1.29 is 0 Å². The number of likely N-dealkylation sites (tertiary alicyclic amines) is 1. The first kappa shape index (κ1) is 14.0. The number of halogens is 1. The molecule has 0 aliphatic carbocycles. The zero-order valence-corrected chi connectivity index (χ0v) is 11.4. The Morgan fingerprint density at radius 3 is 2.62 bits per heavy atom. The van der Waals surface area contributed by atoms with Crippen LogP contribution in [0, 0.1) is 5.92 Å². The summed E-state index contributed by atoms with van der Waals surface area (Å²) in [6.07, 6.45) is 3.89. The molecule has 1 N–H and O–H groups in total. The van der Waals surface area contributed by atoms with Crippen molar-refractivity contribution in [3.8, 4) is 0 Å². The van der Waals surface area contributed by atoms with Gasteiger partial charge in [0, 0.05) is 17.6 Å². The molecule has 1 atom stereocenters. The third kappa shape index (κ3) is 4.86. The Morgan fingerprint density at radius 1 is 1.50 bits per heavy atom. The Balaban J connectivity index is 2.21. The van der Waals surface area contributed by atoms with E-state index in [4.69, 9.17) is 11.6 Å². The van der Waals surface area contributed by atoms with Crippen molar-refractivity contribution in [1.82, 2.24) is 10.2 Å². The van der Waals surface area contributed by atoms with Gasteiger partial charge in [0.05, 0.1) is 0 Å². The van der Waals surface area contributed by atoms with Gasteiger partial charge in [-0.05, 0) is 51.7 Å². The first-order valence-corrected chi connectivity index (χ1v) is 6.80. The molecule has 94 valence electrons. The van der Waals surface area contributed by atoms with Crippen molar-refractivity contribution in [2.24, 2.45) is 5.92 Å². The molecule has 3 heteroatoms. The van der Waals surface area contributed by atoms with Crippen LogP contribution in [0.2, 0.25) is 0 Å². The molecule has 0 saturated carbocycles. The van der Waals surface area contributed by atoms with Crippen LogP contribution in [0.3, 0.4) is 0 Å². The lowest BCUT2D eigenvalue weighted by Crippen LogP contribution is -2.42. The van der Waals surface area contributed by atoms with Crippen LogP contribution in [0.15, 0.2) is 11.6 Å². The van der Waals surface area contributed by atoms with Gasteiger partial charge in [-0.2, -0.15) is 0 Å². The average Bonchev–Trinajstić information content (AvgIpc) is 2.27. The highest BCUT2D eigenvalue weighted by Crippen LogP contribution is 2.20. The fraction of sp³-hybridized carbons (Fsp3) is 0.846. The lowest BCUT2D eigenvalue weighted by atomic mass is 9.90. The molecule has 1 saturated heterocycles. The molecule has 0 aromatic carbocycles. The van der Waals surface area contributed by atoms with Crippen molar-refractivity contribution in [1.29, 1.82) is 0 Å². The molecule has 1 heterocycles. The molecule has 0 aromatic heterocycles. The van der Waals surface area contributed by atoms with Gasteiger partial charge in [0.1, 0.15) is 0 Å². The van der Waals surface area contributed by atoms with Crippen LogP contribution in [-0.2, 0) is 0 Å². The van der Waals surface area contributed by atoms with E-state index < -0.39 is 0 Å². The fourth-order valence-electron chi connectivity index (χ4n) is 2.43. The van der Waals surface area contributed by atoms with Gasteiger partial charge in [-0.25, -0.2) is 0 Å². The van der Waals surface area contributed by atoms with Crippen molar-refractivity contribution in [3.05, 3.63) is 11.6 Å². The molecule has 1 unspecified atom stereocenters. The minimum Gasteiger partial charge on any atom is -0.309 e. The van der Waals surface area contributed by atoms with Crippen molar-refractivity contribution in [2.75, 3.05) is 26.2 Å². The van der Waals surface area contributed by atoms with Crippen LogP contribution < -0.4 is 5.32 Å². The van der Waals surface area contributed by atoms with Gasteiger partial charge < -0.3 is 10.2 Å². The minimum absolute atomic E-state index is 0.555. The van der Waals surface area contributed by atoms with E-state index in [2.05, 4.69) is 30.6 Å². The third-order valence-electron chi connectivity index (χ3n) is 3.50. The maximum Gasteiger partial charge on any atom is 0.0310 e. The van der Waals surface area contributed by atoms with E-state index in [1.54, 1.807) is 0 Å². The quantitative estimate of drug-likeness (QED) is 0.773. The Labute approximate surface area is 105 Å². The van der Waals surface area contributed by atoms with E-state index >= 15 is 0 Å². The smallest absolute Gasteiger partial charge is 0.0310 e. The Kier molecular flexibility index (Phi) is 6.40. The van der Waals surface area contributed by atoms with Crippen molar-refractivity contribution >= 4 is 11.6 Å². The maximum atomic E-state index is 5.76. The topological polar surface area (TPSA) is 15.3 Å². The van der Waals surface area contributed by atoms with Crippen molar-refractivity contribution in [3.63, 3.8) is 0 Å². The van der Waals surface area contributed by atoms with E-state index in [0.29, 0.717) is 11.1 Å². The van der Waals surface area contributed by atoms with Crippen LogP contribution in [0.25, 0.3) is 0 Å². The van der Waals surface area contributed by atoms with E-state index in [1.165, 1.54) is 38.9 Å². The molecule has 1 fully saturated rings. The molecule has 1 rings (SSSR count). The monoisotopic (exact) mass is 244 g/mol. The van der Waals surface area contributed by atoms with Crippen LogP contribution in [0.1, 0.15) is 33.1 Å². The molecular weight excluding hydrogens is 220 g/mol. The summed E-state index contributed by atoms with van der Waals surface area (Å²) >= 11 is 5.76. The highest BCUT2D eigenvalue weighted by atomic mass is 35.5. The highest BCUT2D eigenvalue weighted by molar-refractivity contribution is 6.29. The Bertz CT molecular complexity index is 210. The molecule has 0 bridgehead atoms. The normalized spacial score (nSPS) is 20.9. The molecule has 2 nitrogen and oxygen atoms in total. The van der Waals surface area contributed by atoms with Gasteiger partial charge in [-0.15, -0.1) is 0 Å². The Hall–Kier alpha value is -0.0500. The van der Waals surface area contributed by atoms with Gasteiger partial charge in [0.2, 0.25) is 0 Å². The Morgan fingerprint density at radius 2 is 2.12 bits per heavy atom. The highest BCUT2D eigenvalue weighted by Gasteiger charge is 2.22. The number of rotatable bonds is 6. The number of piperidine rings is 1. The molecule has 16 heavy (non-hydrogen) atoms. The first-order chi connectivity index (χ1) is 7.63. The summed E-state index contributed by atoms with van der Waals surface area (Å²) < 4.78 is 0. The van der Waals surface area contributed by atoms with Crippen LogP contribution in [-0.4, -0.2) is 37.1 Å². The minimum atomic E-state index is 0.555. The number of hydrogen-bond donors (Lipinski definition) is 1. The van der Waals surface area contributed by atoms with Crippen LogP contribution in [0.5, 0.6) is 0 Å². The van der Waals surface area contributed by atoms with Gasteiger partial charge in [-0.3, -0.25) is 0 Å². The average molecular weight is 245 g/mol. The van der Waals surface area contributed by atoms with Gasteiger partial charge >= 0.3 is 0 Å². The summed E-state index contributed by atoms with van der Waals surface area (Å²) in [5, 5.41) is 4.15. The summed E-state index contributed by atoms with van der Waals surface area (Å²) in [7, 11) is 0. The third-order valence-corrected chi connectivity index (χ3v) is 3.63. The van der Waals surface area contributed by atoms with E-state index in [1.807, 2.05) is 0 Å². The van der Waals surface area contributed by atoms with Gasteiger partial charge in [-0.1, -0.05) is 25.1 Å². The number of hydrogen-bond acceptors (Lipinski definition) is 2. The van der Waals surface area contributed by atoms with Gasteiger partial charge in [0.25, 0.3) is 0 Å². The molecule has 0 amide bonds. The van der Waals surface area contributed by atoms with Gasteiger partial charge in [0.15, 0.2) is 0 Å². The van der Waals surface area contributed by atoms with E-state index in [9.17, 15) is 0 Å². The lowest BCUT2D eigenvalue weighted by Gasteiger charge is -2.35. The number of nitrogens with zero attached hydrogens (tertiary/aromatic N) is 1. The summed E-state index contributed by atoms with van der Waals surface area (Å²) in [6.45, 7) is 12.7. The molecule has 0 spiro atoms. The van der Waals surface area contributed by atoms with Crippen molar-refractivity contribution in [2.45, 2.75) is 39.2 Å². The van der Waals surface area contributed by atoms with Crippen LogP contribution in [0.4, 0.5) is 0 Å². The predicted molar refractivity (Wildman–Crippen MR) is 71.9 cm³/mol. The molecule has 1 aliphatic heterocycles. The maximum absolute atomic E-state index is 5.76. The zero-order valence-electron chi connectivity index (χ0n) is 10.6. The van der Waals surface area contributed by atoms with Crippen LogP contribution >= 0.6 is 11.6 Å². The van der Waals surface area contributed by atoms with E-state index in [-0.39, 0.29) is 0 Å². The standard InChI is InChI=1S/C13H25ClN2/c1-4-7-16-8-5-13(6-9-16)12(3)15-10-11(2)14/h12-13,15H,2,4-10H2,1,3H3. The molecule has 0 aromatic rings. The second-order valence-electron chi connectivity index (χ2n) is 4.87. The first-order valence-electron chi connectivity index (χ1n) is 6.42. The largest absolute Gasteiger partial charge is 0.309 e. The molecular formula is C13H25ClN2. The molecule has 0 radical (unpaired) electrons. The summed E-state index contributed by atoms with van der Waals surface area (Å²) in [4.78, 5) is 2.57. The summed E-state index contributed by atoms with van der Waals surface area (Å²) in [5.74, 6) is 0.795. The SMILES string of the molecule is C=C(Cl)CNC(C)C1CCN(CCC)CC1. The second kappa shape index (κ2) is 7.31. The summed E-state index contributed by atoms with van der Waals surface area (Å²) in [5.41, 5.74) is 0. The molecule has 1 aliphatic rings. The lowest BCUT2D eigenvalue weighted by molar-refractivity contribution is 0.164. The number of nitrogens with one attached hydrogen (secondary N) is 1. The zero-order chi connectivity index (χ0) is 12.0. The summed E-state index contributed by atoms with van der Waals surface area (Å²) in [6, 6.07) is 0.555. The fourth-order valence-corrected chi connectivity index (χ4v) is 2.51.